The lowest BCUT2D eigenvalue weighted by Gasteiger charge is -2.15. The zero-order valence-corrected chi connectivity index (χ0v) is 15.8. The van der Waals surface area contributed by atoms with Crippen LogP contribution in [0, 0.1) is 5.82 Å². The van der Waals surface area contributed by atoms with Crippen LogP contribution in [0.2, 0.25) is 0 Å². The molecule has 3 aromatic rings. The molecule has 0 aliphatic heterocycles. The van der Waals surface area contributed by atoms with Crippen LogP contribution in [0.1, 0.15) is 15.9 Å². The van der Waals surface area contributed by atoms with Crippen LogP contribution in [0.4, 0.5) is 4.39 Å². The largest absolute Gasteiger partial charge is 0.491 e. The molecule has 5 nitrogen and oxygen atoms in total. The fourth-order valence-electron chi connectivity index (χ4n) is 2.67. The van der Waals surface area contributed by atoms with Crippen molar-refractivity contribution in [2.45, 2.75) is 12.5 Å². The van der Waals surface area contributed by atoms with Gasteiger partial charge in [-0.3, -0.25) is 4.98 Å². The van der Waals surface area contributed by atoms with Crippen molar-refractivity contribution < 1.29 is 19.0 Å². The number of ether oxygens (including phenoxy) is 1. The number of benzene rings is 2. The van der Waals surface area contributed by atoms with Gasteiger partial charge in [-0.25, -0.2) is 9.18 Å². The molecule has 0 radical (unpaired) electrons. The van der Waals surface area contributed by atoms with E-state index in [4.69, 9.17) is 10.5 Å². The first-order chi connectivity index (χ1) is 12.0. The third-order valence-corrected chi connectivity index (χ3v) is 3.80. The Hall–Kier alpha value is -2.41. The van der Waals surface area contributed by atoms with Gasteiger partial charge in [0.25, 0.3) is 0 Å². The summed E-state index contributed by atoms with van der Waals surface area (Å²) in [6.07, 6.45) is 1.65. The van der Waals surface area contributed by atoms with Gasteiger partial charge in [-0.1, -0.05) is 30.3 Å². The molecule has 0 amide bonds. The van der Waals surface area contributed by atoms with Crippen LogP contribution in [0.3, 0.4) is 0 Å². The number of nitrogens with zero attached hydrogens (tertiary/aromatic N) is 1. The van der Waals surface area contributed by atoms with E-state index in [1.54, 1.807) is 6.07 Å². The predicted octanol–water partition coefficient (Wildman–Crippen LogP) is 3.86. The SMILES string of the molecule is Cl.Cl.N[C@@H](COc1ccc2ncc(F)cc2c1C(=O)O)Cc1ccccc1. The third-order valence-electron chi connectivity index (χ3n) is 3.80. The van der Waals surface area contributed by atoms with Gasteiger partial charge in [-0.05, 0) is 30.2 Å². The van der Waals surface area contributed by atoms with E-state index in [0.29, 0.717) is 11.9 Å². The Morgan fingerprint density at radius 3 is 2.56 bits per heavy atom. The normalized spacial score (nSPS) is 11.2. The van der Waals surface area contributed by atoms with Gasteiger partial charge in [0, 0.05) is 11.4 Å². The number of carbonyl (C=O) groups is 1. The number of aromatic nitrogens is 1. The zero-order valence-electron chi connectivity index (χ0n) is 14.2. The molecule has 0 aliphatic carbocycles. The van der Waals surface area contributed by atoms with Crippen molar-refractivity contribution in [3.8, 4) is 5.75 Å². The van der Waals surface area contributed by atoms with Gasteiger partial charge in [-0.15, -0.1) is 24.8 Å². The fourth-order valence-corrected chi connectivity index (χ4v) is 2.67. The maximum atomic E-state index is 13.5. The van der Waals surface area contributed by atoms with Gasteiger partial charge in [0.05, 0.1) is 11.7 Å². The summed E-state index contributed by atoms with van der Waals surface area (Å²) < 4.78 is 19.1. The molecular weight excluding hydrogens is 394 g/mol. The van der Waals surface area contributed by atoms with Crippen LogP contribution < -0.4 is 10.5 Å². The summed E-state index contributed by atoms with van der Waals surface area (Å²) in [5.74, 6) is -1.66. The van der Waals surface area contributed by atoms with E-state index in [0.717, 1.165) is 17.8 Å². The topological polar surface area (TPSA) is 85.4 Å². The maximum Gasteiger partial charge on any atom is 0.340 e. The first-order valence-electron chi connectivity index (χ1n) is 7.78. The summed E-state index contributed by atoms with van der Waals surface area (Å²) in [4.78, 5) is 15.5. The van der Waals surface area contributed by atoms with Crippen LogP contribution in [0.15, 0.2) is 54.7 Å². The second-order valence-corrected chi connectivity index (χ2v) is 5.72. The molecule has 1 heterocycles. The highest BCUT2D eigenvalue weighted by Gasteiger charge is 2.18. The number of rotatable bonds is 6. The smallest absolute Gasteiger partial charge is 0.340 e. The zero-order chi connectivity index (χ0) is 17.8. The molecule has 0 unspecified atom stereocenters. The lowest BCUT2D eigenvalue weighted by Crippen LogP contribution is -2.30. The standard InChI is InChI=1S/C19H17FN2O3.2ClH/c20-13-9-15-16(22-10-13)6-7-17(18(15)19(23)24)25-11-14(21)8-12-4-2-1-3-5-12;;/h1-7,9-10,14H,8,11,21H2,(H,23,24);2*1H/t14-;;/m1../s1. The average Bonchev–Trinajstić information content (AvgIpc) is 2.59. The molecule has 0 spiro atoms. The molecule has 144 valence electrons. The van der Waals surface area contributed by atoms with E-state index >= 15 is 0 Å². The van der Waals surface area contributed by atoms with Crippen molar-refractivity contribution in [3.05, 3.63) is 71.7 Å². The highest BCUT2D eigenvalue weighted by atomic mass is 35.5. The molecule has 27 heavy (non-hydrogen) atoms. The van der Waals surface area contributed by atoms with E-state index in [-0.39, 0.29) is 54.2 Å². The predicted molar refractivity (Wildman–Crippen MR) is 107 cm³/mol. The summed E-state index contributed by atoms with van der Waals surface area (Å²) in [5, 5.41) is 9.69. The fraction of sp³-hybridized carbons (Fsp3) is 0.158. The van der Waals surface area contributed by atoms with Crippen LogP contribution in [0.25, 0.3) is 10.9 Å². The van der Waals surface area contributed by atoms with E-state index < -0.39 is 11.8 Å². The molecule has 0 fully saturated rings. The number of pyridine rings is 1. The Balaban J connectivity index is 0.00000182. The number of fused-ring (bicyclic) bond motifs is 1. The lowest BCUT2D eigenvalue weighted by atomic mass is 10.1. The Morgan fingerprint density at radius 1 is 1.19 bits per heavy atom. The minimum atomic E-state index is -1.20. The Labute approximate surface area is 168 Å². The maximum absolute atomic E-state index is 13.5. The highest BCUT2D eigenvalue weighted by molar-refractivity contribution is 6.05. The summed E-state index contributed by atoms with van der Waals surface area (Å²) >= 11 is 0. The van der Waals surface area contributed by atoms with Gasteiger partial charge >= 0.3 is 5.97 Å². The minimum absolute atomic E-state index is 0. The molecule has 0 saturated carbocycles. The monoisotopic (exact) mass is 412 g/mol. The van der Waals surface area contributed by atoms with Gasteiger partial charge in [0.15, 0.2) is 0 Å². The van der Waals surface area contributed by atoms with E-state index in [9.17, 15) is 14.3 Å². The molecule has 0 aliphatic rings. The Bertz CT molecular complexity index is 910. The number of hydrogen-bond donors (Lipinski definition) is 2. The van der Waals surface area contributed by atoms with Crippen molar-refractivity contribution in [1.29, 1.82) is 0 Å². The number of carboxylic acid groups (broad SMARTS) is 1. The second kappa shape index (κ2) is 10.1. The second-order valence-electron chi connectivity index (χ2n) is 5.72. The van der Waals surface area contributed by atoms with Crippen molar-refractivity contribution in [3.63, 3.8) is 0 Å². The summed E-state index contributed by atoms with van der Waals surface area (Å²) in [6, 6.07) is 13.7. The van der Waals surface area contributed by atoms with Crippen molar-refractivity contribution in [2.75, 3.05) is 6.61 Å². The molecule has 1 atom stereocenters. The van der Waals surface area contributed by atoms with Gasteiger partial charge in [0.2, 0.25) is 0 Å². The van der Waals surface area contributed by atoms with Crippen LogP contribution in [-0.4, -0.2) is 28.7 Å². The third kappa shape index (κ3) is 5.53. The van der Waals surface area contributed by atoms with E-state index in [1.807, 2.05) is 30.3 Å². The van der Waals surface area contributed by atoms with E-state index in [1.165, 1.54) is 6.07 Å². The van der Waals surface area contributed by atoms with Gasteiger partial charge in [0.1, 0.15) is 23.7 Å². The number of nitrogens with two attached hydrogens (primary N) is 1. The van der Waals surface area contributed by atoms with Crippen LogP contribution in [-0.2, 0) is 6.42 Å². The lowest BCUT2D eigenvalue weighted by molar-refractivity contribution is 0.0694. The minimum Gasteiger partial charge on any atom is -0.491 e. The Morgan fingerprint density at radius 2 is 1.89 bits per heavy atom. The number of aromatic carboxylic acids is 1. The van der Waals surface area contributed by atoms with Gasteiger partial charge < -0.3 is 15.6 Å². The quantitative estimate of drug-likeness (QED) is 0.641. The molecular formula is C19H19Cl2FN2O3. The Kier molecular flexibility index (Phi) is 8.43. The van der Waals surface area contributed by atoms with Crippen molar-refractivity contribution in [1.82, 2.24) is 4.98 Å². The van der Waals surface area contributed by atoms with Crippen molar-refractivity contribution in [2.24, 2.45) is 5.73 Å². The van der Waals surface area contributed by atoms with Crippen LogP contribution >= 0.6 is 24.8 Å². The summed E-state index contributed by atoms with van der Waals surface area (Å²) in [5.41, 5.74) is 7.42. The first kappa shape index (κ1) is 22.6. The molecule has 3 N–H and O–H groups in total. The number of halogens is 3. The molecule has 0 saturated heterocycles. The average molecular weight is 413 g/mol. The first-order valence-corrected chi connectivity index (χ1v) is 7.78. The molecule has 8 heteroatoms. The molecule has 0 bridgehead atoms. The summed E-state index contributed by atoms with van der Waals surface area (Å²) in [6.45, 7) is 0.142. The van der Waals surface area contributed by atoms with E-state index in [2.05, 4.69) is 4.98 Å². The highest BCUT2D eigenvalue weighted by Crippen LogP contribution is 2.28. The molecule has 2 aromatic carbocycles. The molecule has 3 rings (SSSR count). The van der Waals surface area contributed by atoms with Crippen LogP contribution in [0.5, 0.6) is 5.75 Å². The summed E-state index contributed by atoms with van der Waals surface area (Å²) in [7, 11) is 0. The van der Waals surface area contributed by atoms with Crippen molar-refractivity contribution >= 4 is 41.7 Å². The van der Waals surface area contributed by atoms with Gasteiger partial charge in [-0.2, -0.15) is 0 Å². The molecule has 1 aromatic heterocycles. The number of carboxylic acids is 1. The number of hydrogen-bond acceptors (Lipinski definition) is 4.